The van der Waals surface area contributed by atoms with Crippen molar-refractivity contribution in [3.8, 4) is 5.75 Å². The first-order valence-corrected chi connectivity index (χ1v) is 14.3. The van der Waals surface area contributed by atoms with Crippen molar-refractivity contribution in [2.24, 2.45) is 17.4 Å². The highest BCUT2D eigenvalue weighted by atomic mass is 16.4. The van der Waals surface area contributed by atoms with E-state index >= 15 is 0 Å². The molecule has 0 fully saturated rings. The van der Waals surface area contributed by atoms with Crippen molar-refractivity contribution < 1.29 is 53.7 Å². The van der Waals surface area contributed by atoms with Crippen LogP contribution in [0.1, 0.15) is 32.8 Å². The molecule has 0 saturated carbocycles. The van der Waals surface area contributed by atoms with Crippen LogP contribution < -0.4 is 43.4 Å². The van der Waals surface area contributed by atoms with Crippen molar-refractivity contribution in [3.05, 3.63) is 29.8 Å². The van der Waals surface area contributed by atoms with Gasteiger partial charge in [0.1, 0.15) is 29.9 Å². The Hall–Kier alpha value is -5.30. The number of phenolic OH excluding ortho intramolecular Hbond substituents is 1. The lowest BCUT2D eigenvalue weighted by atomic mass is 10.0. The highest BCUT2D eigenvalue weighted by Crippen LogP contribution is 2.11. The Bertz CT molecular complexity index is 1310. The van der Waals surface area contributed by atoms with Crippen molar-refractivity contribution >= 4 is 47.3 Å². The molecule has 0 unspecified atom stereocenters. The number of primary amides is 1. The lowest BCUT2D eigenvalue weighted by molar-refractivity contribution is -0.143. The number of nitrogens with two attached hydrogens (primary N) is 2. The largest absolute Gasteiger partial charge is 0.508 e. The smallest absolute Gasteiger partial charge is 0.326 e. The van der Waals surface area contributed by atoms with Crippen molar-refractivity contribution in [1.82, 2.24) is 31.9 Å². The number of carbonyl (C=O) groups is 8. The Morgan fingerprint density at radius 2 is 1.30 bits per heavy atom. The molecule has 0 aliphatic rings. The van der Waals surface area contributed by atoms with Crippen LogP contribution in [-0.2, 0) is 44.8 Å². The number of aliphatic hydroxyl groups excluding tert-OH is 1. The maximum atomic E-state index is 12.9. The third-order valence-corrected chi connectivity index (χ3v) is 6.45. The summed E-state index contributed by atoms with van der Waals surface area (Å²) in [6, 6.07) is -0.441. The van der Waals surface area contributed by atoms with Gasteiger partial charge in [-0.1, -0.05) is 26.0 Å². The van der Waals surface area contributed by atoms with Gasteiger partial charge in [0, 0.05) is 0 Å². The molecule has 0 aromatic heterocycles. The molecule has 1 aromatic rings. The van der Waals surface area contributed by atoms with E-state index in [1.54, 1.807) is 26.0 Å². The number of hydrogen-bond acceptors (Lipinski definition) is 11. The van der Waals surface area contributed by atoms with E-state index in [1.165, 1.54) is 19.1 Å². The molecule has 0 saturated heterocycles. The van der Waals surface area contributed by atoms with Gasteiger partial charge in [0.15, 0.2) is 0 Å². The number of phenols is 1. The summed E-state index contributed by atoms with van der Waals surface area (Å²) in [6.45, 7) is 2.31. The molecule has 260 valence electrons. The van der Waals surface area contributed by atoms with Crippen LogP contribution in [0.4, 0.5) is 0 Å². The summed E-state index contributed by atoms with van der Waals surface area (Å²) < 4.78 is 0. The Labute approximate surface area is 269 Å². The SMILES string of the molecule is CC(C)[C@H](NC(=O)[C@@H](N)Cc1ccc(O)cc1)C(=O)N[C@@H](CO)C(=O)NCC(=O)N[C@@H](C)C(=O)NCC(=O)N[C@@H](CC(N)=O)C(=O)O. The predicted molar refractivity (Wildman–Crippen MR) is 163 cm³/mol. The quantitative estimate of drug-likeness (QED) is 0.0662. The lowest BCUT2D eigenvalue weighted by Crippen LogP contribution is -2.59. The molecule has 1 rings (SSSR count). The molecule has 7 amide bonds. The molecular formula is C28H42N8O11. The minimum Gasteiger partial charge on any atom is -0.508 e. The van der Waals surface area contributed by atoms with Gasteiger partial charge in [0.25, 0.3) is 0 Å². The standard InChI is InChI=1S/C28H42N8O11/c1-13(2)23(36-25(43)17(29)8-15-4-6-16(38)7-5-15)27(45)35-19(12-37)26(44)32-10-21(40)33-14(3)24(42)31-11-22(41)34-18(28(46)47)9-20(30)39/h4-7,13-14,17-19,23,37-38H,8-12,29H2,1-3H3,(H2,30,39)(H,31,42)(H,32,44)(H,33,40)(H,34,41)(H,35,45)(H,36,43)(H,46,47)/t14-,17-,18-,19-,23-/m0/s1. The van der Waals surface area contributed by atoms with E-state index in [1.807, 2.05) is 5.32 Å². The molecule has 1 aromatic carbocycles. The zero-order chi connectivity index (χ0) is 35.8. The van der Waals surface area contributed by atoms with Crippen LogP contribution in [0.25, 0.3) is 0 Å². The van der Waals surface area contributed by atoms with Gasteiger partial charge in [-0.2, -0.15) is 0 Å². The van der Waals surface area contributed by atoms with E-state index in [-0.39, 0.29) is 12.2 Å². The number of carboxylic acids is 1. The Balaban J connectivity index is 2.60. The average Bonchev–Trinajstić information content (AvgIpc) is 2.99. The summed E-state index contributed by atoms with van der Waals surface area (Å²) in [5.74, 6) is -7.93. The third-order valence-electron chi connectivity index (χ3n) is 6.45. The number of aliphatic carboxylic acids is 1. The molecule has 19 nitrogen and oxygen atoms in total. The molecule has 0 spiro atoms. The molecule has 0 aliphatic carbocycles. The zero-order valence-electron chi connectivity index (χ0n) is 26.1. The van der Waals surface area contributed by atoms with Crippen LogP contribution in [0.15, 0.2) is 24.3 Å². The van der Waals surface area contributed by atoms with Crippen LogP contribution in [0.3, 0.4) is 0 Å². The number of rotatable bonds is 19. The van der Waals surface area contributed by atoms with E-state index in [4.69, 9.17) is 16.6 Å². The van der Waals surface area contributed by atoms with E-state index in [2.05, 4.69) is 26.6 Å². The second kappa shape index (κ2) is 19.3. The first kappa shape index (κ1) is 39.7. The number of nitrogens with one attached hydrogen (secondary N) is 6. The zero-order valence-corrected chi connectivity index (χ0v) is 26.1. The number of amides is 7. The number of aromatic hydroxyl groups is 1. The first-order valence-electron chi connectivity index (χ1n) is 14.3. The monoisotopic (exact) mass is 666 g/mol. The van der Waals surface area contributed by atoms with Crippen molar-refractivity contribution in [3.63, 3.8) is 0 Å². The summed E-state index contributed by atoms with van der Waals surface area (Å²) in [4.78, 5) is 96.6. The molecule has 5 atom stereocenters. The van der Waals surface area contributed by atoms with Crippen LogP contribution >= 0.6 is 0 Å². The van der Waals surface area contributed by atoms with Crippen LogP contribution in [0, 0.1) is 5.92 Å². The number of carboxylic acid groups (broad SMARTS) is 1. The highest BCUT2D eigenvalue weighted by Gasteiger charge is 2.30. The van der Waals surface area contributed by atoms with Gasteiger partial charge in [-0.05, 0) is 37.0 Å². The molecule has 47 heavy (non-hydrogen) atoms. The van der Waals surface area contributed by atoms with E-state index in [0.29, 0.717) is 5.56 Å². The molecule has 13 N–H and O–H groups in total. The Kier molecular flexibility index (Phi) is 16.3. The van der Waals surface area contributed by atoms with Crippen LogP contribution in [0.5, 0.6) is 5.75 Å². The molecule has 19 heteroatoms. The van der Waals surface area contributed by atoms with Gasteiger partial charge < -0.3 is 58.7 Å². The molecule has 0 heterocycles. The number of carbonyl (C=O) groups excluding carboxylic acids is 7. The van der Waals surface area contributed by atoms with Crippen LogP contribution in [0.2, 0.25) is 0 Å². The van der Waals surface area contributed by atoms with Gasteiger partial charge in [-0.15, -0.1) is 0 Å². The van der Waals surface area contributed by atoms with Crippen molar-refractivity contribution in [2.45, 2.75) is 63.8 Å². The minimum atomic E-state index is -1.60. The number of aliphatic hydroxyl groups is 1. The summed E-state index contributed by atoms with van der Waals surface area (Å²) in [7, 11) is 0. The Morgan fingerprint density at radius 1 is 0.745 bits per heavy atom. The van der Waals surface area contributed by atoms with Gasteiger partial charge in [-0.25, -0.2) is 4.79 Å². The summed E-state index contributed by atoms with van der Waals surface area (Å²) in [5.41, 5.74) is 11.6. The average molecular weight is 667 g/mol. The molecule has 0 aliphatic heterocycles. The maximum absolute atomic E-state index is 12.9. The fourth-order valence-electron chi connectivity index (χ4n) is 3.85. The fraction of sp³-hybridized carbons (Fsp3) is 0.500. The van der Waals surface area contributed by atoms with Crippen molar-refractivity contribution in [2.75, 3.05) is 19.7 Å². The van der Waals surface area contributed by atoms with Gasteiger partial charge >= 0.3 is 5.97 Å². The molecule has 0 radical (unpaired) electrons. The second-order valence-electron chi connectivity index (χ2n) is 10.8. The summed E-state index contributed by atoms with van der Waals surface area (Å²) >= 11 is 0. The normalized spacial score (nSPS) is 13.9. The molecule has 0 bridgehead atoms. The van der Waals surface area contributed by atoms with E-state index in [0.717, 1.165) is 0 Å². The molecular weight excluding hydrogens is 624 g/mol. The fourth-order valence-corrected chi connectivity index (χ4v) is 3.85. The van der Waals surface area contributed by atoms with Crippen molar-refractivity contribution in [1.29, 1.82) is 0 Å². The van der Waals surface area contributed by atoms with E-state index < -0.39 is 110 Å². The van der Waals surface area contributed by atoms with Gasteiger partial charge in [0.05, 0.1) is 32.2 Å². The second-order valence-corrected chi connectivity index (χ2v) is 10.8. The maximum Gasteiger partial charge on any atom is 0.326 e. The highest BCUT2D eigenvalue weighted by molar-refractivity contribution is 5.95. The Morgan fingerprint density at radius 3 is 1.81 bits per heavy atom. The number of benzene rings is 1. The van der Waals surface area contributed by atoms with Gasteiger partial charge in [0.2, 0.25) is 41.4 Å². The first-order chi connectivity index (χ1) is 21.9. The third kappa shape index (κ3) is 14.6. The lowest BCUT2D eigenvalue weighted by Gasteiger charge is -2.25. The topological polar surface area (TPSA) is 321 Å². The summed E-state index contributed by atoms with van der Waals surface area (Å²) in [5, 5.41) is 41.6. The minimum absolute atomic E-state index is 0.0441. The predicted octanol–water partition coefficient (Wildman–Crippen LogP) is -4.94. The van der Waals surface area contributed by atoms with Gasteiger partial charge in [-0.3, -0.25) is 33.6 Å². The van der Waals surface area contributed by atoms with Crippen LogP contribution in [-0.4, -0.2) is 113 Å². The summed E-state index contributed by atoms with van der Waals surface area (Å²) in [6.07, 6.45) is -0.551. The number of hydrogen-bond donors (Lipinski definition) is 11. The van der Waals surface area contributed by atoms with E-state index in [9.17, 15) is 48.6 Å².